The molecular formula is C22H27ClN2O7S. The molecular weight excluding hydrogens is 472 g/mol. The number of anilines is 1. The molecule has 0 saturated heterocycles. The fraction of sp³-hybridized carbons (Fsp3) is 0.364. The monoisotopic (exact) mass is 498 g/mol. The first-order chi connectivity index (χ1) is 15.3. The summed E-state index contributed by atoms with van der Waals surface area (Å²) < 4.78 is 38.2. The third kappa shape index (κ3) is 6.83. The van der Waals surface area contributed by atoms with Crippen LogP contribution in [0.4, 0.5) is 10.5 Å². The predicted molar refractivity (Wildman–Crippen MR) is 124 cm³/mol. The number of aliphatic carboxylic acids is 1. The van der Waals surface area contributed by atoms with Crippen LogP contribution in [0.1, 0.15) is 33.3 Å². The quantitative estimate of drug-likeness (QED) is 0.554. The summed E-state index contributed by atoms with van der Waals surface area (Å²) >= 11 is 6.18. The van der Waals surface area contributed by atoms with Crippen molar-refractivity contribution in [3.8, 4) is 5.75 Å². The topological polar surface area (TPSA) is 122 Å². The van der Waals surface area contributed by atoms with Crippen molar-refractivity contribution >= 4 is 39.4 Å². The first kappa shape index (κ1) is 26.4. The van der Waals surface area contributed by atoms with Gasteiger partial charge in [0.15, 0.2) is 0 Å². The van der Waals surface area contributed by atoms with Gasteiger partial charge in [0.1, 0.15) is 17.4 Å². The maximum Gasteiger partial charge on any atom is 0.412 e. The van der Waals surface area contributed by atoms with Crippen LogP contribution < -0.4 is 10.1 Å². The minimum Gasteiger partial charge on any atom is -0.495 e. The van der Waals surface area contributed by atoms with Crippen LogP contribution in [0, 0.1) is 0 Å². The van der Waals surface area contributed by atoms with Gasteiger partial charge in [-0.3, -0.25) is 10.1 Å². The smallest absolute Gasteiger partial charge is 0.412 e. The van der Waals surface area contributed by atoms with Gasteiger partial charge < -0.3 is 14.6 Å². The van der Waals surface area contributed by atoms with Crippen LogP contribution in [0.15, 0.2) is 47.4 Å². The highest BCUT2D eigenvalue weighted by molar-refractivity contribution is 7.89. The number of rotatable bonds is 8. The Hall–Kier alpha value is -2.82. The van der Waals surface area contributed by atoms with E-state index in [0.29, 0.717) is 10.6 Å². The standard InChI is InChI=1S/C22H27ClN2O7S/c1-14(20(26)27)25(13-15-8-6-7-9-17(15)23)33(29,30)16-10-11-19(31-5)18(12-16)24-21(28)32-22(2,3)4/h6-12,14H,13H2,1-5H3,(H,24,28)(H,26,27). The van der Waals surface area contributed by atoms with E-state index in [1.54, 1.807) is 45.0 Å². The third-order valence-electron chi connectivity index (χ3n) is 4.49. The number of amides is 1. The number of halogens is 1. The number of hydrogen-bond donors (Lipinski definition) is 2. The van der Waals surface area contributed by atoms with Crippen molar-refractivity contribution in [1.82, 2.24) is 4.31 Å². The number of benzene rings is 2. The Morgan fingerprint density at radius 1 is 1.18 bits per heavy atom. The van der Waals surface area contributed by atoms with Crippen molar-refractivity contribution in [1.29, 1.82) is 0 Å². The fourth-order valence-electron chi connectivity index (χ4n) is 2.84. The van der Waals surface area contributed by atoms with Crippen LogP contribution in [-0.2, 0) is 26.1 Å². The lowest BCUT2D eigenvalue weighted by Crippen LogP contribution is -2.42. The SMILES string of the molecule is COc1ccc(S(=O)(=O)N(Cc2ccccc2Cl)C(C)C(=O)O)cc1NC(=O)OC(C)(C)C. The minimum absolute atomic E-state index is 0.0495. The van der Waals surface area contributed by atoms with E-state index < -0.39 is 33.7 Å². The van der Waals surface area contributed by atoms with E-state index in [-0.39, 0.29) is 22.9 Å². The summed E-state index contributed by atoms with van der Waals surface area (Å²) in [5.74, 6) is -1.13. The second-order valence-electron chi connectivity index (χ2n) is 8.14. The third-order valence-corrected chi connectivity index (χ3v) is 6.77. The van der Waals surface area contributed by atoms with Gasteiger partial charge in [0.05, 0.1) is 17.7 Å². The minimum atomic E-state index is -4.33. The highest BCUT2D eigenvalue weighted by atomic mass is 35.5. The van der Waals surface area contributed by atoms with Gasteiger partial charge in [-0.1, -0.05) is 29.8 Å². The van der Waals surface area contributed by atoms with Gasteiger partial charge in [-0.25, -0.2) is 13.2 Å². The molecule has 180 valence electrons. The lowest BCUT2D eigenvalue weighted by atomic mass is 10.2. The number of carboxylic acid groups (broad SMARTS) is 1. The molecule has 0 heterocycles. The molecule has 0 fully saturated rings. The number of nitrogens with zero attached hydrogens (tertiary/aromatic N) is 1. The predicted octanol–water partition coefficient (Wildman–Crippen LogP) is 4.36. The van der Waals surface area contributed by atoms with Gasteiger partial charge in [0.2, 0.25) is 10.0 Å². The molecule has 2 aromatic carbocycles. The molecule has 0 radical (unpaired) electrons. The first-order valence-electron chi connectivity index (χ1n) is 9.92. The molecule has 1 amide bonds. The lowest BCUT2D eigenvalue weighted by molar-refractivity contribution is -0.141. The van der Waals surface area contributed by atoms with Crippen molar-refractivity contribution in [2.24, 2.45) is 0 Å². The normalized spacial score (nSPS) is 12.8. The molecule has 2 N–H and O–H groups in total. The second-order valence-corrected chi connectivity index (χ2v) is 10.4. The van der Waals surface area contributed by atoms with Crippen molar-refractivity contribution in [2.45, 2.75) is 50.8 Å². The van der Waals surface area contributed by atoms with Crippen LogP contribution in [0.3, 0.4) is 0 Å². The molecule has 0 aliphatic heterocycles. The largest absolute Gasteiger partial charge is 0.495 e. The van der Waals surface area contributed by atoms with E-state index in [0.717, 1.165) is 4.31 Å². The highest BCUT2D eigenvalue weighted by Gasteiger charge is 2.34. The zero-order chi connectivity index (χ0) is 25.0. The Balaban J connectivity index is 2.50. The van der Waals surface area contributed by atoms with Gasteiger partial charge in [0.25, 0.3) is 0 Å². The maximum atomic E-state index is 13.5. The van der Waals surface area contributed by atoms with Crippen LogP contribution in [0.2, 0.25) is 5.02 Å². The van der Waals surface area contributed by atoms with E-state index in [1.165, 1.54) is 32.2 Å². The zero-order valence-corrected chi connectivity index (χ0v) is 20.5. The van der Waals surface area contributed by atoms with Crippen LogP contribution in [0.5, 0.6) is 5.75 Å². The molecule has 0 spiro atoms. The van der Waals surface area contributed by atoms with Gasteiger partial charge in [-0.15, -0.1) is 0 Å². The molecule has 0 aromatic heterocycles. The number of carbonyl (C=O) groups is 2. The average Bonchev–Trinajstić information content (AvgIpc) is 2.71. The van der Waals surface area contributed by atoms with Crippen molar-refractivity contribution in [3.63, 3.8) is 0 Å². The van der Waals surface area contributed by atoms with Crippen molar-refractivity contribution < 1.29 is 32.6 Å². The number of methoxy groups -OCH3 is 1. The average molecular weight is 499 g/mol. The molecule has 2 aromatic rings. The summed E-state index contributed by atoms with van der Waals surface area (Å²) in [4.78, 5) is 23.7. The van der Waals surface area contributed by atoms with Gasteiger partial charge >= 0.3 is 12.1 Å². The summed E-state index contributed by atoms with van der Waals surface area (Å²) in [6, 6.07) is 8.98. The first-order valence-corrected chi connectivity index (χ1v) is 11.7. The van der Waals surface area contributed by atoms with Crippen LogP contribution >= 0.6 is 11.6 Å². The summed E-state index contributed by atoms with van der Waals surface area (Å²) in [7, 11) is -2.97. The van der Waals surface area contributed by atoms with Crippen LogP contribution in [-0.4, -0.2) is 48.6 Å². The summed E-state index contributed by atoms with van der Waals surface area (Å²) in [6.45, 7) is 6.05. The number of ether oxygens (including phenoxy) is 2. The van der Waals surface area contributed by atoms with E-state index in [2.05, 4.69) is 5.32 Å². The van der Waals surface area contributed by atoms with E-state index in [9.17, 15) is 23.1 Å². The van der Waals surface area contributed by atoms with Crippen LogP contribution in [0.25, 0.3) is 0 Å². The molecule has 9 nitrogen and oxygen atoms in total. The van der Waals surface area contributed by atoms with Gasteiger partial charge in [-0.05, 0) is 57.5 Å². The number of nitrogens with one attached hydrogen (secondary N) is 1. The number of carbonyl (C=O) groups excluding carboxylic acids is 1. The summed E-state index contributed by atoms with van der Waals surface area (Å²) in [5, 5.41) is 12.3. The molecule has 33 heavy (non-hydrogen) atoms. The summed E-state index contributed by atoms with van der Waals surface area (Å²) in [5.41, 5.74) is -0.283. The Morgan fingerprint density at radius 2 is 1.82 bits per heavy atom. The lowest BCUT2D eigenvalue weighted by Gasteiger charge is -2.26. The molecule has 1 atom stereocenters. The van der Waals surface area contributed by atoms with E-state index >= 15 is 0 Å². The Bertz CT molecular complexity index is 1130. The summed E-state index contributed by atoms with van der Waals surface area (Å²) in [6.07, 6.45) is -0.804. The second kappa shape index (κ2) is 10.4. The van der Waals surface area contributed by atoms with E-state index in [1.807, 2.05) is 0 Å². The van der Waals surface area contributed by atoms with Crippen molar-refractivity contribution in [2.75, 3.05) is 12.4 Å². The number of sulfonamides is 1. The molecule has 0 aliphatic carbocycles. The zero-order valence-electron chi connectivity index (χ0n) is 19.0. The maximum absolute atomic E-state index is 13.5. The molecule has 0 saturated carbocycles. The van der Waals surface area contributed by atoms with Gasteiger partial charge in [0, 0.05) is 11.6 Å². The number of carboxylic acids is 1. The molecule has 11 heteroatoms. The van der Waals surface area contributed by atoms with Gasteiger partial charge in [-0.2, -0.15) is 4.31 Å². The Labute approximate surface area is 198 Å². The van der Waals surface area contributed by atoms with Crippen molar-refractivity contribution in [3.05, 3.63) is 53.1 Å². The molecule has 0 bridgehead atoms. The van der Waals surface area contributed by atoms with E-state index in [4.69, 9.17) is 21.1 Å². The number of hydrogen-bond acceptors (Lipinski definition) is 6. The molecule has 0 aliphatic rings. The molecule has 2 rings (SSSR count). The Morgan fingerprint density at radius 3 is 2.36 bits per heavy atom. The highest BCUT2D eigenvalue weighted by Crippen LogP contribution is 2.31. The molecule has 1 unspecified atom stereocenters. The fourth-order valence-corrected chi connectivity index (χ4v) is 4.63. The Kier molecular flexibility index (Phi) is 8.34.